The lowest BCUT2D eigenvalue weighted by atomic mass is 9.71. The zero-order chi connectivity index (χ0) is 21.4. The van der Waals surface area contributed by atoms with Crippen molar-refractivity contribution in [2.75, 3.05) is 31.9 Å². The van der Waals surface area contributed by atoms with E-state index in [0.717, 1.165) is 12.8 Å². The molecule has 4 rings (SSSR count). The fourth-order valence-corrected chi connectivity index (χ4v) is 5.76. The molecule has 2 aliphatic rings. The summed E-state index contributed by atoms with van der Waals surface area (Å²) in [7, 11) is -3.32. The van der Waals surface area contributed by atoms with Crippen molar-refractivity contribution in [1.82, 2.24) is 19.3 Å². The summed E-state index contributed by atoms with van der Waals surface area (Å²) in [5.41, 5.74) is 0.879. The molecule has 1 unspecified atom stereocenters. The van der Waals surface area contributed by atoms with Crippen molar-refractivity contribution >= 4 is 15.9 Å². The molecule has 1 aromatic carbocycles. The van der Waals surface area contributed by atoms with Gasteiger partial charge in [-0.15, -0.1) is 0 Å². The lowest BCUT2D eigenvalue weighted by Crippen LogP contribution is -2.61. The Morgan fingerprint density at radius 2 is 1.97 bits per heavy atom. The van der Waals surface area contributed by atoms with Crippen molar-refractivity contribution < 1.29 is 17.7 Å². The third-order valence-electron chi connectivity index (χ3n) is 6.28. The number of amides is 1. The molecule has 2 fully saturated rings. The molecule has 2 saturated heterocycles. The monoisotopic (exact) mass is 432 g/mol. The highest BCUT2D eigenvalue weighted by molar-refractivity contribution is 7.89. The fourth-order valence-electron chi connectivity index (χ4n) is 4.57. The number of aryl methyl sites for hydroxylation is 2. The molecular weight excluding hydrogens is 404 g/mol. The molecule has 1 amide bonds. The van der Waals surface area contributed by atoms with E-state index in [1.807, 2.05) is 23.1 Å². The molecule has 0 saturated carbocycles. The molecule has 8 nitrogen and oxygen atoms in total. The Hall–Kier alpha value is -2.26. The Balaban J connectivity index is 1.40. The number of rotatable bonds is 7. The molecular formula is C21H28N4O4S. The second-order valence-electron chi connectivity index (χ2n) is 8.38. The van der Waals surface area contributed by atoms with Gasteiger partial charge in [0.05, 0.1) is 11.7 Å². The van der Waals surface area contributed by atoms with Crippen LogP contribution in [0.2, 0.25) is 0 Å². The first kappa shape index (κ1) is 21.0. The number of carbonyl (C=O) groups excluding carboxylic acids is 1. The summed E-state index contributed by atoms with van der Waals surface area (Å²) in [5.74, 6) is 0.991. The number of nitrogens with zero attached hydrogens (tertiary/aromatic N) is 4. The van der Waals surface area contributed by atoms with E-state index >= 15 is 0 Å². The molecule has 0 bridgehead atoms. The molecule has 9 heteroatoms. The standard InChI is InChI=1S/C21H28N4O4S/c1-3-30(27,28)25-12-18(20-22-16(2)23-29-20)21(15-25)13-24(14-21)19(26)11-7-10-17-8-5-4-6-9-17/h4-6,8-9,18H,3,7,10-15H2,1-2H3. The van der Waals surface area contributed by atoms with E-state index < -0.39 is 10.0 Å². The Bertz CT molecular complexity index is 999. The molecule has 1 atom stereocenters. The Labute approximate surface area is 177 Å². The number of hydrogen-bond donors (Lipinski definition) is 0. The third kappa shape index (κ3) is 4.00. The number of benzene rings is 1. The first-order chi connectivity index (χ1) is 14.3. The summed E-state index contributed by atoms with van der Waals surface area (Å²) < 4.78 is 31.9. The van der Waals surface area contributed by atoms with E-state index in [2.05, 4.69) is 22.3 Å². The van der Waals surface area contributed by atoms with Crippen LogP contribution in [-0.4, -0.2) is 65.6 Å². The minimum atomic E-state index is -3.32. The Morgan fingerprint density at radius 3 is 2.60 bits per heavy atom. The van der Waals surface area contributed by atoms with Gasteiger partial charge < -0.3 is 9.42 Å². The van der Waals surface area contributed by atoms with Gasteiger partial charge in [-0.2, -0.15) is 4.98 Å². The van der Waals surface area contributed by atoms with Crippen LogP contribution in [0, 0.1) is 12.3 Å². The molecule has 2 aliphatic heterocycles. The van der Waals surface area contributed by atoms with Gasteiger partial charge in [0.1, 0.15) is 0 Å². The minimum absolute atomic E-state index is 0.0563. The maximum Gasteiger partial charge on any atom is 0.231 e. The van der Waals surface area contributed by atoms with E-state index in [1.165, 1.54) is 9.87 Å². The van der Waals surface area contributed by atoms with Crippen molar-refractivity contribution in [2.45, 2.75) is 39.0 Å². The van der Waals surface area contributed by atoms with Crippen LogP contribution in [0.5, 0.6) is 0 Å². The van der Waals surface area contributed by atoms with Gasteiger partial charge in [0.2, 0.25) is 21.8 Å². The van der Waals surface area contributed by atoms with Gasteiger partial charge in [-0.1, -0.05) is 35.5 Å². The molecule has 0 N–H and O–H groups in total. The van der Waals surface area contributed by atoms with Gasteiger partial charge in [-0.25, -0.2) is 12.7 Å². The highest BCUT2D eigenvalue weighted by atomic mass is 32.2. The summed E-state index contributed by atoms with van der Waals surface area (Å²) in [6, 6.07) is 10.1. The van der Waals surface area contributed by atoms with Crippen LogP contribution in [-0.2, 0) is 21.2 Å². The van der Waals surface area contributed by atoms with Crippen molar-refractivity contribution in [3.8, 4) is 0 Å². The average Bonchev–Trinajstić information content (AvgIpc) is 3.31. The van der Waals surface area contributed by atoms with Gasteiger partial charge in [0.15, 0.2) is 5.82 Å². The number of aromatic nitrogens is 2. The van der Waals surface area contributed by atoms with Crippen molar-refractivity contribution in [3.63, 3.8) is 0 Å². The summed E-state index contributed by atoms with van der Waals surface area (Å²) in [6.07, 6.45) is 2.17. The predicted octanol–water partition coefficient (Wildman–Crippen LogP) is 1.98. The maximum atomic E-state index is 12.7. The SMILES string of the molecule is CCS(=O)(=O)N1CC(c2nc(C)no2)C2(CN(C(=O)CCCc3ccccc3)C2)C1. The van der Waals surface area contributed by atoms with Gasteiger partial charge in [-0.3, -0.25) is 4.79 Å². The topological polar surface area (TPSA) is 96.6 Å². The first-order valence-electron chi connectivity index (χ1n) is 10.4. The summed E-state index contributed by atoms with van der Waals surface area (Å²) in [4.78, 5) is 18.9. The Kier molecular flexibility index (Phi) is 5.67. The van der Waals surface area contributed by atoms with Crippen molar-refractivity contribution in [2.24, 2.45) is 5.41 Å². The molecule has 3 heterocycles. The molecule has 1 spiro atoms. The summed E-state index contributed by atoms with van der Waals surface area (Å²) >= 11 is 0. The minimum Gasteiger partial charge on any atom is -0.341 e. The first-order valence-corrected chi connectivity index (χ1v) is 12.0. The van der Waals surface area contributed by atoms with Crippen LogP contribution in [0.15, 0.2) is 34.9 Å². The average molecular weight is 433 g/mol. The van der Waals surface area contributed by atoms with Crippen LogP contribution >= 0.6 is 0 Å². The van der Waals surface area contributed by atoms with E-state index in [0.29, 0.717) is 44.3 Å². The van der Waals surface area contributed by atoms with E-state index in [4.69, 9.17) is 4.52 Å². The van der Waals surface area contributed by atoms with Crippen LogP contribution in [0.1, 0.15) is 43.0 Å². The lowest BCUT2D eigenvalue weighted by Gasteiger charge is -2.50. The number of hydrogen-bond acceptors (Lipinski definition) is 6. The smallest absolute Gasteiger partial charge is 0.231 e. The van der Waals surface area contributed by atoms with Crippen LogP contribution in [0.3, 0.4) is 0 Å². The molecule has 2 aromatic rings. The highest BCUT2D eigenvalue weighted by Gasteiger charge is 2.59. The van der Waals surface area contributed by atoms with Crippen LogP contribution in [0.25, 0.3) is 0 Å². The summed E-state index contributed by atoms with van der Waals surface area (Å²) in [5, 5.41) is 3.88. The van der Waals surface area contributed by atoms with Gasteiger partial charge in [0, 0.05) is 38.0 Å². The number of likely N-dealkylation sites (tertiary alicyclic amines) is 1. The molecule has 1 aromatic heterocycles. The van der Waals surface area contributed by atoms with Crippen LogP contribution in [0.4, 0.5) is 0 Å². The van der Waals surface area contributed by atoms with Gasteiger partial charge in [-0.05, 0) is 32.3 Å². The molecule has 0 aliphatic carbocycles. The zero-order valence-electron chi connectivity index (χ0n) is 17.5. The molecule has 0 radical (unpaired) electrons. The fraction of sp³-hybridized carbons (Fsp3) is 0.571. The predicted molar refractivity (Wildman–Crippen MR) is 111 cm³/mol. The zero-order valence-corrected chi connectivity index (χ0v) is 18.3. The van der Waals surface area contributed by atoms with Gasteiger partial charge in [0.25, 0.3) is 0 Å². The molecule has 162 valence electrons. The van der Waals surface area contributed by atoms with E-state index in [-0.39, 0.29) is 23.0 Å². The quantitative estimate of drug-likeness (QED) is 0.664. The number of carbonyl (C=O) groups is 1. The van der Waals surface area contributed by atoms with Crippen LogP contribution < -0.4 is 0 Å². The van der Waals surface area contributed by atoms with Crippen molar-refractivity contribution in [1.29, 1.82) is 0 Å². The van der Waals surface area contributed by atoms with Crippen molar-refractivity contribution in [3.05, 3.63) is 47.6 Å². The largest absolute Gasteiger partial charge is 0.341 e. The molecule has 30 heavy (non-hydrogen) atoms. The van der Waals surface area contributed by atoms with Gasteiger partial charge >= 0.3 is 0 Å². The van der Waals surface area contributed by atoms with E-state index in [9.17, 15) is 13.2 Å². The normalized spacial score (nSPS) is 21.1. The maximum absolute atomic E-state index is 12.7. The highest BCUT2D eigenvalue weighted by Crippen LogP contribution is 2.49. The second kappa shape index (κ2) is 8.11. The third-order valence-corrected chi connectivity index (χ3v) is 8.07. The second-order valence-corrected chi connectivity index (χ2v) is 10.6. The lowest BCUT2D eigenvalue weighted by molar-refractivity contribution is -0.143. The number of sulfonamides is 1. The Morgan fingerprint density at radius 1 is 1.23 bits per heavy atom. The summed E-state index contributed by atoms with van der Waals surface area (Å²) in [6.45, 7) is 5.17. The van der Waals surface area contributed by atoms with E-state index in [1.54, 1.807) is 13.8 Å².